The third-order valence-electron chi connectivity index (χ3n) is 11.1. The highest BCUT2D eigenvalue weighted by molar-refractivity contribution is 9.11. The van der Waals surface area contributed by atoms with Crippen LogP contribution in [-0.2, 0) is 26.1 Å². The number of nitrogens with zero attached hydrogens (tertiary/aromatic N) is 1. The van der Waals surface area contributed by atoms with Crippen LogP contribution in [0.4, 0.5) is 0 Å². The zero-order valence-corrected chi connectivity index (χ0v) is 37.3. The number of benzene rings is 8. The molecule has 1 aromatic heterocycles. The van der Waals surface area contributed by atoms with Crippen LogP contribution in [0.25, 0.3) is 60.9 Å². The largest absolute Gasteiger partial charge is 0.309 e. The molecule has 2 aliphatic heterocycles. The summed E-state index contributed by atoms with van der Waals surface area (Å²) in [6, 6.07) is 55.3. The molecule has 3 heterocycles. The molecule has 288 valence electrons. The third-order valence-corrected chi connectivity index (χ3v) is 16.3. The predicted molar refractivity (Wildman–Crippen MR) is 247 cm³/mol. The number of rotatable bonds is 1. The number of hydrogen-bond donors (Lipinski definition) is 0. The maximum Gasteiger partial charge on any atom is 0.207 e. The highest BCUT2D eigenvalue weighted by Gasteiger charge is 2.34. The minimum absolute atomic E-state index is 0.370. The van der Waals surface area contributed by atoms with E-state index in [0.29, 0.717) is 19.6 Å². The minimum Gasteiger partial charge on any atom is -0.309 e. The van der Waals surface area contributed by atoms with Crippen LogP contribution in [-0.4, -0.2) is 21.4 Å². The van der Waals surface area contributed by atoms with E-state index in [-0.39, 0.29) is 0 Å². The number of hydrogen-bond acceptors (Lipinski definition) is 4. The van der Waals surface area contributed by atoms with Gasteiger partial charge in [0.05, 0.1) is 30.6 Å². The maximum absolute atomic E-state index is 13.0. The number of sulfone groups is 2. The Balaban J connectivity index is 0.000000118. The molecule has 8 aromatic carbocycles. The van der Waals surface area contributed by atoms with E-state index in [2.05, 4.69) is 125 Å². The van der Waals surface area contributed by atoms with Crippen LogP contribution in [0.2, 0.25) is 0 Å². The van der Waals surface area contributed by atoms with Gasteiger partial charge in [0.1, 0.15) is 0 Å². The fourth-order valence-electron chi connectivity index (χ4n) is 8.46. The third kappa shape index (κ3) is 6.35. The molecule has 0 bridgehead atoms. The van der Waals surface area contributed by atoms with Crippen molar-refractivity contribution in [3.8, 4) is 39.1 Å². The van der Waals surface area contributed by atoms with Crippen molar-refractivity contribution < 1.29 is 16.8 Å². The standard InChI is InChI=1S/C24H14BrNO2S.C13H10.C12H6Br2O2S/c25-15-9-11-23-19(13-15)20-14-16(10-12-24(20)29(23,27)28)26-21-7-3-1-5-17(21)18-6-2-4-8-22(18)26;1-3-7-12-10(5-1)9-11-6-2-4-8-13(11)12;13-7-1-3-11-9(5-7)10-6-8(14)2-4-12(10)17(11,15)16/h1-14H;1-8H,9H2;1-6H. The summed E-state index contributed by atoms with van der Waals surface area (Å²) in [7, 11) is -6.82. The van der Waals surface area contributed by atoms with Crippen molar-refractivity contribution in [1.29, 1.82) is 0 Å². The summed E-state index contributed by atoms with van der Waals surface area (Å²) in [5.74, 6) is 0. The van der Waals surface area contributed by atoms with Gasteiger partial charge in [0.2, 0.25) is 19.7 Å². The first kappa shape index (κ1) is 38.1. The van der Waals surface area contributed by atoms with Crippen molar-refractivity contribution in [2.24, 2.45) is 0 Å². The lowest BCUT2D eigenvalue weighted by atomic mass is 10.1. The zero-order chi connectivity index (χ0) is 40.6. The van der Waals surface area contributed by atoms with Crippen LogP contribution < -0.4 is 0 Å². The Bertz CT molecular complexity index is 3300. The molecule has 0 fully saturated rings. The molecule has 0 spiro atoms. The van der Waals surface area contributed by atoms with Gasteiger partial charge in [-0.2, -0.15) is 0 Å². The molecule has 10 heteroatoms. The monoisotopic (exact) mass is 997 g/mol. The Hall–Kier alpha value is -5.10. The Morgan fingerprint density at radius 1 is 0.373 bits per heavy atom. The molecular weight excluding hydrogens is 970 g/mol. The molecular formula is C49H30Br3NO4S2. The smallest absolute Gasteiger partial charge is 0.207 e. The van der Waals surface area contributed by atoms with Gasteiger partial charge < -0.3 is 4.57 Å². The summed E-state index contributed by atoms with van der Waals surface area (Å²) in [4.78, 5) is 1.51. The second kappa shape index (κ2) is 14.6. The van der Waals surface area contributed by atoms with Crippen molar-refractivity contribution in [1.82, 2.24) is 4.57 Å². The van der Waals surface area contributed by atoms with Crippen molar-refractivity contribution >= 4 is 89.3 Å². The lowest BCUT2D eigenvalue weighted by Gasteiger charge is -2.10. The maximum atomic E-state index is 13.0. The Labute approximate surface area is 367 Å². The topological polar surface area (TPSA) is 73.2 Å². The lowest BCUT2D eigenvalue weighted by molar-refractivity contribution is 0.597. The van der Waals surface area contributed by atoms with E-state index >= 15 is 0 Å². The van der Waals surface area contributed by atoms with Crippen LogP contribution in [0.5, 0.6) is 0 Å². The van der Waals surface area contributed by atoms with Gasteiger partial charge in [-0.25, -0.2) is 16.8 Å². The molecule has 0 unspecified atom stereocenters. The van der Waals surface area contributed by atoms with Gasteiger partial charge in [0, 0.05) is 52.1 Å². The van der Waals surface area contributed by atoms with Gasteiger partial charge in [-0.15, -0.1) is 0 Å². The van der Waals surface area contributed by atoms with Gasteiger partial charge in [0.15, 0.2) is 0 Å². The Kier molecular flexibility index (Phi) is 9.41. The molecule has 0 saturated carbocycles. The van der Waals surface area contributed by atoms with E-state index in [0.717, 1.165) is 58.8 Å². The fraction of sp³-hybridized carbons (Fsp3) is 0.0204. The molecule has 0 saturated heterocycles. The summed E-state index contributed by atoms with van der Waals surface area (Å²) >= 11 is 10.2. The molecule has 59 heavy (non-hydrogen) atoms. The molecule has 5 nitrogen and oxygen atoms in total. The van der Waals surface area contributed by atoms with Crippen LogP contribution in [0.3, 0.4) is 0 Å². The van der Waals surface area contributed by atoms with Crippen molar-refractivity contribution in [3.05, 3.63) is 194 Å². The molecule has 3 aliphatic rings. The average molecular weight is 1000 g/mol. The van der Waals surface area contributed by atoms with Crippen LogP contribution >= 0.6 is 47.8 Å². The second-order valence-corrected chi connectivity index (χ2v) is 21.0. The number of halogens is 3. The summed E-state index contributed by atoms with van der Waals surface area (Å²) in [6.45, 7) is 0. The number of para-hydroxylation sites is 2. The first-order valence-electron chi connectivity index (χ1n) is 18.7. The minimum atomic E-state index is -3.48. The lowest BCUT2D eigenvalue weighted by Crippen LogP contribution is -1.98. The quantitative estimate of drug-likeness (QED) is 0.164. The predicted octanol–water partition coefficient (Wildman–Crippen LogP) is 13.6. The van der Waals surface area contributed by atoms with E-state index in [4.69, 9.17) is 0 Å². The Morgan fingerprint density at radius 2 is 0.729 bits per heavy atom. The van der Waals surface area contributed by atoms with Crippen molar-refractivity contribution in [3.63, 3.8) is 0 Å². The summed E-state index contributed by atoms with van der Waals surface area (Å²) < 4.78 is 55.3. The van der Waals surface area contributed by atoms with E-state index in [9.17, 15) is 16.8 Å². The molecule has 0 amide bonds. The van der Waals surface area contributed by atoms with E-state index in [1.54, 1.807) is 42.5 Å². The fourth-order valence-corrected chi connectivity index (χ4v) is 12.8. The van der Waals surface area contributed by atoms with Gasteiger partial charge in [-0.05, 0) is 114 Å². The SMILES string of the molecule is O=S1(=O)c2ccc(Br)cc2-c2cc(-n3c4ccccc4c4ccccc43)ccc21.O=S1(=O)c2ccc(Br)cc2-c2cc(Br)ccc21.c1ccc2c(c1)Cc1ccccc1-2. The van der Waals surface area contributed by atoms with Crippen molar-refractivity contribution in [2.75, 3.05) is 0 Å². The normalized spacial score (nSPS) is 14.2. The first-order chi connectivity index (χ1) is 28.5. The number of fused-ring (bicyclic) bond motifs is 12. The molecule has 9 aromatic rings. The Morgan fingerprint density at radius 3 is 1.17 bits per heavy atom. The molecule has 0 radical (unpaired) electrons. The summed E-state index contributed by atoms with van der Waals surface area (Å²) in [6.07, 6.45) is 1.10. The van der Waals surface area contributed by atoms with Crippen LogP contribution in [0.1, 0.15) is 11.1 Å². The molecule has 0 N–H and O–H groups in total. The molecule has 12 rings (SSSR count). The molecule has 1 aliphatic carbocycles. The summed E-state index contributed by atoms with van der Waals surface area (Å²) in [5, 5.41) is 2.36. The highest BCUT2D eigenvalue weighted by Crippen LogP contribution is 2.47. The second-order valence-electron chi connectivity index (χ2n) is 14.5. The summed E-state index contributed by atoms with van der Waals surface area (Å²) in [5.41, 5.74) is 11.9. The van der Waals surface area contributed by atoms with Gasteiger partial charge >= 0.3 is 0 Å². The van der Waals surface area contributed by atoms with Gasteiger partial charge in [-0.3, -0.25) is 0 Å². The zero-order valence-electron chi connectivity index (χ0n) is 30.9. The van der Waals surface area contributed by atoms with E-state index < -0.39 is 19.7 Å². The van der Waals surface area contributed by atoms with Crippen molar-refractivity contribution in [2.45, 2.75) is 26.0 Å². The highest BCUT2D eigenvalue weighted by atomic mass is 79.9. The van der Waals surface area contributed by atoms with Gasteiger partial charge in [0.25, 0.3) is 0 Å². The average Bonchev–Trinajstić information content (AvgIpc) is 3.91. The van der Waals surface area contributed by atoms with E-state index in [1.807, 2.05) is 54.6 Å². The van der Waals surface area contributed by atoms with Crippen LogP contribution in [0.15, 0.2) is 203 Å². The first-order valence-corrected chi connectivity index (χ1v) is 24.0. The molecule has 0 atom stereocenters. The number of aromatic nitrogens is 1. The van der Waals surface area contributed by atoms with Crippen LogP contribution in [0, 0.1) is 0 Å². The van der Waals surface area contributed by atoms with Gasteiger partial charge in [-0.1, -0.05) is 133 Å². The van der Waals surface area contributed by atoms with E-state index in [1.165, 1.54) is 33.0 Å².